The molecule has 3 aromatic rings. The second-order valence-electron chi connectivity index (χ2n) is 11.6. The van der Waals surface area contributed by atoms with Crippen LogP contribution in [0.15, 0.2) is 48.8 Å². The Hall–Kier alpha value is -3.92. The van der Waals surface area contributed by atoms with Gasteiger partial charge in [-0.3, -0.25) is 9.57 Å². The highest BCUT2D eigenvalue weighted by molar-refractivity contribution is 7.92. The van der Waals surface area contributed by atoms with Crippen LogP contribution in [0.3, 0.4) is 0 Å². The molecule has 1 saturated carbocycles. The van der Waals surface area contributed by atoms with Gasteiger partial charge in [0.2, 0.25) is 11.8 Å². The zero-order valence-electron chi connectivity index (χ0n) is 24.0. The first-order valence-corrected chi connectivity index (χ1v) is 16.1. The monoisotopic (exact) mass is 613 g/mol. The van der Waals surface area contributed by atoms with E-state index in [1.165, 1.54) is 23.0 Å². The molecule has 1 aliphatic heterocycles. The molecule has 3 heterocycles. The minimum atomic E-state index is -3.04. The minimum Gasteiger partial charge on any atom is -0.370 e. The molecule has 0 bridgehead atoms. The third-order valence-electron chi connectivity index (χ3n) is 8.24. The maximum Gasteiger partial charge on any atom is 0.248 e. The Kier molecular flexibility index (Phi) is 8.51. The largest absolute Gasteiger partial charge is 0.370 e. The molecule has 2 aromatic heterocycles. The van der Waals surface area contributed by atoms with Gasteiger partial charge in [0.25, 0.3) is 0 Å². The molecule has 3 atom stereocenters. The topological polar surface area (TPSA) is 128 Å². The number of carbonyl (C=O) groups is 1. The Balaban J connectivity index is 1.56. The maximum atomic E-state index is 14.9. The number of rotatable bonds is 7. The number of amides is 1. The molecule has 9 nitrogen and oxygen atoms in total. The van der Waals surface area contributed by atoms with E-state index in [1.54, 1.807) is 20.0 Å². The summed E-state index contributed by atoms with van der Waals surface area (Å²) in [6.07, 6.45) is 1.75. The van der Waals surface area contributed by atoms with Gasteiger partial charge >= 0.3 is 0 Å². The van der Waals surface area contributed by atoms with Gasteiger partial charge in [-0.05, 0) is 42.2 Å². The lowest BCUT2D eigenvalue weighted by Crippen LogP contribution is -2.45. The van der Waals surface area contributed by atoms with Crippen molar-refractivity contribution in [3.8, 4) is 23.0 Å². The van der Waals surface area contributed by atoms with Crippen molar-refractivity contribution in [2.45, 2.75) is 51.0 Å². The molecule has 1 aromatic carbocycles. The lowest BCUT2D eigenvalue weighted by atomic mass is 9.74. The summed E-state index contributed by atoms with van der Waals surface area (Å²) in [4.78, 5) is 19.6. The molecule has 2 aliphatic rings. The predicted octanol–water partition coefficient (Wildman–Crippen LogP) is 5.12. The molecule has 0 radical (unpaired) electrons. The number of halogens is 3. The summed E-state index contributed by atoms with van der Waals surface area (Å²) in [5.74, 6) is -5.78. The summed E-state index contributed by atoms with van der Waals surface area (Å²) in [5.41, 5.74) is 2.18. The van der Waals surface area contributed by atoms with Crippen LogP contribution in [0.2, 0.25) is 0 Å². The molecule has 2 N–H and O–H groups in total. The second kappa shape index (κ2) is 12.0. The van der Waals surface area contributed by atoms with Gasteiger partial charge in [0.15, 0.2) is 11.6 Å². The van der Waals surface area contributed by atoms with Gasteiger partial charge in [0.05, 0.1) is 11.8 Å². The van der Waals surface area contributed by atoms with Crippen molar-refractivity contribution in [2.24, 2.45) is 11.8 Å². The first kappa shape index (κ1) is 30.5. The number of carbonyl (C=O) groups excluding carboxylic acids is 1. The molecular formula is C30H34F3N7O2S. The average Bonchev–Trinajstić information content (AvgIpc) is 3.40. The molecule has 0 spiro atoms. The Morgan fingerprint density at radius 2 is 1.91 bits per heavy atom. The highest BCUT2D eigenvalue weighted by Crippen LogP contribution is 2.47. The van der Waals surface area contributed by atoms with Crippen molar-refractivity contribution in [3.63, 3.8) is 0 Å². The van der Waals surface area contributed by atoms with Gasteiger partial charge < -0.3 is 10.2 Å². The van der Waals surface area contributed by atoms with Crippen molar-refractivity contribution in [3.05, 3.63) is 60.3 Å². The highest BCUT2D eigenvalue weighted by atomic mass is 32.2. The van der Waals surface area contributed by atoms with Crippen LogP contribution in [-0.4, -0.2) is 61.4 Å². The molecule has 2 fully saturated rings. The van der Waals surface area contributed by atoms with Gasteiger partial charge in [-0.15, -0.1) is 0 Å². The number of hydrogen-bond acceptors (Lipinski definition) is 7. The summed E-state index contributed by atoms with van der Waals surface area (Å²) in [7, 11) is -2.56. The van der Waals surface area contributed by atoms with E-state index in [0.717, 1.165) is 5.69 Å². The van der Waals surface area contributed by atoms with Crippen LogP contribution in [0.1, 0.15) is 44.7 Å². The number of hydrogen-bond donors (Lipinski definition) is 2. The average molecular weight is 614 g/mol. The van der Waals surface area contributed by atoms with Crippen LogP contribution < -0.4 is 10.2 Å². The van der Waals surface area contributed by atoms with E-state index in [2.05, 4.69) is 21.5 Å². The first-order valence-electron chi connectivity index (χ1n) is 14.3. The van der Waals surface area contributed by atoms with E-state index in [0.29, 0.717) is 24.2 Å². The predicted molar refractivity (Wildman–Crippen MR) is 157 cm³/mol. The van der Waals surface area contributed by atoms with Gasteiger partial charge in [-0.2, -0.15) is 10.4 Å². The van der Waals surface area contributed by atoms with E-state index in [4.69, 9.17) is 4.78 Å². The number of alkyl halides is 2. The first-order chi connectivity index (χ1) is 20.4. The number of aromatic nitrogens is 3. The normalized spacial score (nSPS) is 22.1. The minimum absolute atomic E-state index is 0.100. The molecular weight excluding hydrogens is 579 g/mol. The molecule has 228 valence electrons. The SMILES string of the molecule is CC(C)[C@@H](C#N)NC(=O)C1CCC(F)(F)CC1c1nn(-c2ncccc2F)cc1-c1ccc(N2CCS(=N)(=O)CC2)cc1. The number of anilines is 1. The summed E-state index contributed by atoms with van der Waals surface area (Å²) >= 11 is 0. The Morgan fingerprint density at radius 1 is 1.21 bits per heavy atom. The van der Waals surface area contributed by atoms with Crippen molar-refractivity contribution < 1.29 is 22.2 Å². The summed E-state index contributed by atoms with van der Waals surface area (Å²) in [6, 6.07) is 11.3. The molecule has 2 unspecified atom stereocenters. The van der Waals surface area contributed by atoms with Crippen LogP contribution >= 0.6 is 0 Å². The maximum absolute atomic E-state index is 14.9. The van der Waals surface area contributed by atoms with E-state index in [-0.39, 0.29) is 35.4 Å². The lowest BCUT2D eigenvalue weighted by Gasteiger charge is -2.35. The van der Waals surface area contributed by atoms with Gasteiger partial charge in [-0.1, -0.05) is 26.0 Å². The van der Waals surface area contributed by atoms with Crippen molar-refractivity contribution >= 4 is 21.3 Å². The fourth-order valence-corrected chi connectivity index (χ4v) is 6.96. The fourth-order valence-electron chi connectivity index (χ4n) is 5.72. The number of nitrogens with zero attached hydrogens (tertiary/aromatic N) is 5. The molecule has 1 aliphatic carbocycles. The third-order valence-corrected chi connectivity index (χ3v) is 9.93. The van der Waals surface area contributed by atoms with Crippen LogP contribution in [0, 0.1) is 33.8 Å². The van der Waals surface area contributed by atoms with E-state index in [1.807, 2.05) is 29.2 Å². The van der Waals surface area contributed by atoms with E-state index < -0.39 is 58.1 Å². The summed E-state index contributed by atoms with van der Waals surface area (Å²) in [5, 5.41) is 16.8. The lowest BCUT2D eigenvalue weighted by molar-refractivity contribution is -0.131. The van der Waals surface area contributed by atoms with Crippen molar-refractivity contribution in [1.82, 2.24) is 20.1 Å². The van der Waals surface area contributed by atoms with E-state index in [9.17, 15) is 27.4 Å². The zero-order valence-corrected chi connectivity index (χ0v) is 24.8. The Morgan fingerprint density at radius 3 is 2.53 bits per heavy atom. The van der Waals surface area contributed by atoms with Crippen molar-refractivity contribution in [2.75, 3.05) is 29.5 Å². The van der Waals surface area contributed by atoms with Crippen LogP contribution in [0.25, 0.3) is 16.9 Å². The molecule has 1 saturated heterocycles. The quantitative estimate of drug-likeness (QED) is 0.381. The molecule has 43 heavy (non-hydrogen) atoms. The standard InChI is InChI=1S/C30H34F3N7O2S/c1-19(2)26(17-34)37-29(41)22-9-10-30(32,33)16-23(22)27-24(18-40(38-27)28-25(31)4-3-11-36-28)20-5-7-21(8-6-20)39-12-14-43(35,42)15-13-39/h3-8,11,18-19,22-23,26,35H,9-10,12-16H2,1-2H3,(H,37,41)/t22?,23?,26-/m1/s1. The van der Waals surface area contributed by atoms with Crippen LogP contribution in [-0.2, 0) is 14.5 Å². The molecule has 13 heteroatoms. The zero-order chi connectivity index (χ0) is 30.9. The smallest absolute Gasteiger partial charge is 0.248 e. The second-order valence-corrected chi connectivity index (χ2v) is 14.0. The number of benzene rings is 1. The highest BCUT2D eigenvalue weighted by Gasteiger charge is 2.47. The van der Waals surface area contributed by atoms with Crippen molar-refractivity contribution in [1.29, 1.82) is 10.0 Å². The van der Waals surface area contributed by atoms with Gasteiger partial charge in [0, 0.05) is 82.6 Å². The molecule has 1 amide bonds. The Bertz CT molecular complexity index is 1620. The fraction of sp³-hybridized carbons (Fsp3) is 0.467. The third kappa shape index (κ3) is 6.69. The number of nitriles is 1. The summed E-state index contributed by atoms with van der Waals surface area (Å²) in [6.45, 7) is 4.55. The van der Waals surface area contributed by atoms with E-state index >= 15 is 0 Å². The van der Waals surface area contributed by atoms with Crippen LogP contribution in [0.4, 0.5) is 18.9 Å². The Labute approximate surface area is 249 Å². The van der Waals surface area contributed by atoms with Gasteiger partial charge in [-0.25, -0.2) is 27.0 Å². The number of pyridine rings is 1. The van der Waals surface area contributed by atoms with Gasteiger partial charge in [0.1, 0.15) is 6.04 Å². The number of nitrogens with one attached hydrogen (secondary N) is 2. The van der Waals surface area contributed by atoms with Crippen LogP contribution in [0.5, 0.6) is 0 Å². The molecule has 5 rings (SSSR count). The summed E-state index contributed by atoms with van der Waals surface area (Å²) < 4.78 is 65.8.